The topological polar surface area (TPSA) is 12.4 Å². The van der Waals surface area contributed by atoms with Gasteiger partial charge in [0.15, 0.2) is 0 Å². The van der Waals surface area contributed by atoms with E-state index in [4.69, 9.17) is 17.2 Å². The number of thiocarbonyl (C=S) groups is 1. The lowest BCUT2D eigenvalue weighted by molar-refractivity contribution is 0.0607. The van der Waals surface area contributed by atoms with Gasteiger partial charge in [0.05, 0.1) is 10.7 Å². The first-order valence-corrected chi connectivity index (χ1v) is 7.68. The summed E-state index contributed by atoms with van der Waals surface area (Å²) in [4.78, 5) is 4.71. The molecule has 0 aliphatic heterocycles. The summed E-state index contributed by atoms with van der Waals surface area (Å²) in [6, 6.07) is 0. The predicted molar refractivity (Wildman–Crippen MR) is 81.0 cm³/mol. The molecule has 0 N–H and O–H groups in total. The third-order valence-corrected chi connectivity index (χ3v) is 5.41. The number of allylic oxidation sites excluding steroid dienone is 1. The minimum absolute atomic E-state index is 0.0500. The molecule has 2 heteroatoms. The maximum absolute atomic E-state index is 4.95. The Morgan fingerprint density at radius 1 is 1.44 bits per heavy atom. The first-order chi connectivity index (χ1) is 8.51. The van der Waals surface area contributed by atoms with Crippen LogP contribution in [-0.4, -0.2) is 10.7 Å². The fourth-order valence-electron chi connectivity index (χ4n) is 4.11. The molecule has 18 heavy (non-hydrogen) atoms. The van der Waals surface area contributed by atoms with Gasteiger partial charge in [-0.15, -0.1) is 0 Å². The molecule has 100 valence electrons. The summed E-state index contributed by atoms with van der Waals surface area (Å²) >= 11 is 4.95. The lowest BCUT2D eigenvalue weighted by Crippen LogP contribution is -2.51. The highest BCUT2D eigenvalue weighted by Gasteiger charge is 2.50. The van der Waals surface area contributed by atoms with Crippen molar-refractivity contribution in [1.82, 2.24) is 0 Å². The Bertz CT molecular complexity index is 392. The summed E-state index contributed by atoms with van der Waals surface area (Å²) in [5.74, 6) is 2.69. The third-order valence-electron chi connectivity index (χ3n) is 5.32. The van der Waals surface area contributed by atoms with Crippen molar-refractivity contribution in [3.05, 3.63) is 11.6 Å². The monoisotopic (exact) mass is 263 g/mol. The van der Waals surface area contributed by atoms with Crippen molar-refractivity contribution in [2.75, 3.05) is 0 Å². The first-order valence-electron chi connectivity index (χ1n) is 7.27. The molecule has 0 heterocycles. The molecule has 0 aromatic rings. The summed E-state index contributed by atoms with van der Waals surface area (Å²) in [5.41, 5.74) is 1.59. The summed E-state index contributed by atoms with van der Waals surface area (Å²) in [6.07, 6.45) is 7.45. The van der Waals surface area contributed by atoms with Crippen molar-refractivity contribution < 1.29 is 0 Å². The van der Waals surface area contributed by atoms with E-state index >= 15 is 0 Å². The molecule has 2 aliphatic carbocycles. The van der Waals surface area contributed by atoms with Crippen molar-refractivity contribution in [2.24, 2.45) is 28.7 Å². The standard InChI is InChI=1S/C16H25NS/c1-11(2)14-6-5-13(4)16(17-10-18)8-7-12(3)9-15(14)16/h9,11,13-15H,5-8H2,1-4H3. The number of isothiocyanates is 1. The molecule has 0 saturated heterocycles. The summed E-state index contributed by atoms with van der Waals surface area (Å²) in [6.45, 7) is 9.32. The maximum atomic E-state index is 4.95. The molecule has 0 aromatic heterocycles. The lowest BCUT2D eigenvalue weighted by atomic mass is 9.56. The molecular formula is C16H25NS. The van der Waals surface area contributed by atoms with Crippen molar-refractivity contribution in [3.63, 3.8) is 0 Å². The molecule has 0 spiro atoms. The van der Waals surface area contributed by atoms with Crippen LogP contribution in [0.15, 0.2) is 16.6 Å². The number of aliphatic imine (C=N–C) groups is 1. The van der Waals surface area contributed by atoms with Crippen LogP contribution in [0.1, 0.15) is 53.4 Å². The van der Waals surface area contributed by atoms with E-state index in [1.807, 2.05) is 0 Å². The van der Waals surface area contributed by atoms with E-state index in [0.29, 0.717) is 11.8 Å². The van der Waals surface area contributed by atoms with E-state index in [9.17, 15) is 0 Å². The van der Waals surface area contributed by atoms with Gasteiger partial charge in [-0.05, 0) is 62.6 Å². The fourth-order valence-corrected chi connectivity index (χ4v) is 4.28. The Balaban J connectivity index is 2.46. The van der Waals surface area contributed by atoms with Gasteiger partial charge in [0.25, 0.3) is 0 Å². The highest BCUT2D eigenvalue weighted by Crippen LogP contribution is 2.52. The van der Waals surface area contributed by atoms with Crippen molar-refractivity contribution in [3.8, 4) is 0 Å². The number of nitrogens with zero attached hydrogens (tertiary/aromatic N) is 1. The SMILES string of the molecule is CC1=CC2C(C(C)C)CCC(C)C2(N=C=S)CC1. The van der Waals surface area contributed by atoms with Crippen LogP contribution in [0.5, 0.6) is 0 Å². The lowest BCUT2D eigenvalue weighted by Gasteiger charge is -2.51. The van der Waals surface area contributed by atoms with Crippen LogP contribution in [0.25, 0.3) is 0 Å². The normalized spacial score (nSPS) is 39.8. The van der Waals surface area contributed by atoms with Crippen molar-refractivity contribution >= 4 is 17.4 Å². The molecule has 0 radical (unpaired) electrons. The fraction of sp³-hybridized carbons (Fsp3) is 0.812. The molecule has 0 amide bonds. The second kappa shape index (κ2) is 5.27. The van der Waals surface area contributed by atoms with E-state index < -0.39 is 0 Å². The van der Waals surface area contributed by atoms with Gasteiger partial charge in [-0.2, -0.15) is 0 Å². The molecule has 2 rings (SSSR count). The minimum Gasteiger partial charge on any atom is -0.225 e. The Morgan fingerprint density at radius 3 is 2.78 bits per heavy atom. The third kappa shape index (κ3) is 2.21. The predicted octanol–water partition coefficient (Wildman–Crippen LogP) is 4.89. The quantitative estimate of drug-likeness (QED) is 0.393. The average molecular weight is 263 g/mol. The van der Waals surface area contributed by atoms with E-state index in [2.05, 4.69) is 38.9 Å². The Kier molecular flexibility index (Phi) is 4.08. The minimum atomic E-state index is 0.0500. The van der Waals surface area contributed by atoms with Crippen LogP contribution in [0.2, 0.25) is 0 Å². The first kappa shape index (κ1) is 14.0. The van der Waals surface area contributed by atoms with E-state index in [1.54, 1.807) is 0 Å². The molecule has 0 aromatic carbocycles. The molecule has 1 fully saturated rings. The molecular weight excluding hydrogens is 238 g/mol. The average Bonchev–Trinajstić information content (AvgIpc) is 2.31. The molecule has 2 aliphatic rings. The molecule has 4 atom stereocenters. The van der Waals surface area contributed by atoms with Gasteiger partial charge >= 0.3 is 0 Å². The molecule has 1 nitrogen and oxygen atoms in total. The van der Waals surface area contributed by atoms with E-state index in [1.165, 1.54) is 24.8 Å². The summed E-state index contributed by atoms with van der Waals surface area (Å²) in [7, 11) is 0. The molecule has 0 bridgehead atoms. The summed E-state index contributed by atoms with van der Waals surface area (Å²) in [5, 5.41) is 2.71. The second-order valence-corrected chi connectivity index (χ2v) is 6.80. The van der Waals surface area contributed by atoms with Gasteiger partial charge in [-0.1, -0.05) is 32.4 Å². The van der Waals surface area contributed by atoms with Crippen LogP contribution < -0.4 is 0 Å². The van der Waals surface area contributed by atoms with Crippen LogP contribution in [-0.2, 0) is 0 Å². The zero-order valence-corrected chi connectivity index (χ0v) is 12.9. The summed E-state index contributed by atoms with van der Waals surface area (Å²) < 4.78 is 0. The van der Waals surface area contributed by atoms with Gasteiger partial charge in [0.2, 0.25) is 0 Å². The number of hydrogen-bond acceptors (Lipinski definition) is 2. The largest absolute Gasteiger partial charge is 0.225 e. The number of rotatable bonds is 2. The zero-order valence-electron chi connectivity index (χ0n) is 12.1. The molecule has 4 unspecified atom stereocenters. The highest BCUT2D eigenvalue weighted by atomic mass is 32.1. The Morgan fingerprint density at radius 2 is 2.17 bits per heavy atom. The van der Waals surface area contributed by atoms with E-state index in [0.717, 1.165) is 18.3 Å². The van der Waals surface area contributed by atoms with Crippen LogP contribution in [0, 0.1) is 23.7 Å². The number of fused-ring (bicyclic) bond motifs is 1. The van der Waals surface area contributed by atoms with Gasteiger partial charge in [0, 0.05) is 5.92 Å². The highest BCUT2D eigenvalue weighted by molar-refractivity contribution is 7.78. The van der Waals surface area contributed by atoms with Crippen LogP contribution in [0.4, 0.5) is 0 Å². The zero-order chi connectivity index (χ0) is 13.3. The van der Waals surface area contributed by atoms with Gasteiger partial charge in [-0.3, -0.25) is 0 Å². The van der Waals surface area contributed by atoms with Crippen molar-refractivity contribution in [1.29, 1.82) is 0 Å². The Hall–Kier alpha value is -0.460. The maximum Gasteiger partial charge on any atom is 0.0804 e. The molecule has 1 saturated carbocycles. The Labute approximate surface area is 117 Å². The van der Waals surface area contributed by atoms with Gasteiger partial charge in [0.1, 0.15) is 0 Å². The van der Waals surface area contributed by atoms with Gasteiger partial charge < -0.3 is 0 Å². The smallest absolute Gasteiger partial charge is 0.0804 e. The van der Waals surface area contributed by atoms with Crippen molar-refractivity contribution in [2.45, 2.75) is 58.9 Å². The number of hydrogen-bond donors (Lipinski definition) is 0. The van der Waals surface area contributed by atoms with Crippen LogP contribution in [0.3, 0.4) is 0 Å². The van der Waals surface area contributed by atoms with E-state index in [-0.39, 0.29) is 5.54 Å². The van der Waals surface area contributed by atoms with Gasteiger partial charge in [-0.25, -0.2) is 4.99 Å². The second-order valence-electron chi connectivity index (χ2n) is 6.62. The van der Waals surface area contributed by atoms with Crippen LogP contribution >= 0.6 is 12.2 Å².